The molecule has 1 saturated carbocycles. The first-order valence-corrected chi connectivity index (χ1v) is 5.85. The van der Waals surface area contributed by atoms with Crippen molar-refractivity contribution in [1.29, 1.82) is 0 Å². The molecule has 3 N–H and O–H groups in total. The van der Waals surface area contributed by atoms with Crippen molar-refractivity contribution >= 4 is 5.91 Å². The quantitative estimate of drug-likeness (QED) is 0.650. The fraction of sp³-hybridized carbons (Fsp3) is 0.909. The van der Waals surface area contributed by atoms with Gasteiger partial charge in [0.05, 0.1) is 19.1 Å². The van der Waals surface area contributed by atoms with Crippen molar-refractivity contribution in [1.82, 2.24) is 4.90 Å². The summed E-state index contributed by atoms with van der Waals surface area (Å²) < 4.78 is 4.95. The number of methoxy groups -OCH3 is 1. The zero-order valence-electron chi connectivity index (χ0n) is 9.89. The summed E-state index contributed by atoms with van der Waals surface area (Å²) in [6.07, 6.45) is 2.82. The first-order chi connectivity index (χ1) is 7.70. The van der Waals surface area contributed by atoms with Crippen LogP contribution in [0, 0.1) is 5.92 Å². The third kappa shape index (κ3) is 3.43. The number of amides is 1. The standard InChI is InChI=1S/C11H22N2O3/c1-16-8-6-13(5-7-14)11(15)9-3-2-4-10(9)12/h9-10,14H,2-8,12H2,1H3. The third-order valence-electron chi connectivity index (χ3n) is 3.13. The van der Waals surface area contributed by atoms with Gasteiger partial charge < -0.3 is 20.5 Å². The fourth-order valence-electron chi connectivity index (χ4n) is 2.18. The minimum Gasteiger partial charge on any atom is -0.395 e. The zero-order valence-corrected chi connectivity index (χ0v) is 9.89. The molecule has 94 valence electrons. The Morgan fingerprint density at radius 1 is 1.50 bits per heavy atom. The average Bonchev–Trinajstić information content (AvgIpc) is 2.69. The highest BCUT2D eigenvalue weighted by Crippen LogP contribution is 2.25. The van der Waals surface area contributed by atoms with Crippen LogP contribution in [0.3, 0.4) is 0 Å². The van der Waals surface area contributed by atoms with E-state index in [2.05, 4.69) is 0 Å². The van der Waals surface area contributed by atoms with E-state index >= 15 is 0 Å². The predicted molar refractivity (Wildman–Crippen MR) is 60.9 cm³/mol. The third-order valence-corrected chi connectivity index (χ3v) is 3.13. The van der Waals surface area contributed by atoms with Crippen LogP contribution < -0.4 is 5.73 Å². The summed E-state index contributed by atoms with van der Waals surface area (Å²) in [6.45, 7) is 1.37. The van der Waals surface area contributed by atoms with Crippen LogP contribution in [0.4, 0.5) is 0 Å². The number of aliphatic hydroxyl groups is 1. The maximum Gasteiger partial charge on any atom is 0.227 e. The number of nitrogens with zero attached hydrogens (tertiary/aromatic N) is 1. The van der Waals surface area contributed by atoms with E-state index in [4.69, 9.17) is 15.6 Å². The van der Waals surface area contributed by atoms with Crippen LogP contribution in [-0.4, -0.2) is 55.4 Å². The van der Waals surface area contributed by atoms with Crippen LogP contribution in [0.5, 0.6) is 0 Å². The van der Waals surface area contributed by atoms with Crippen molar-refractivity contribution < 1.29 is 14.6 Å². The van der Waals surface area contributed by atoms with E-state index in [1.54, 1.807) is 12.0 Å². The van der Waals surface area contributed by atoms with Crippen LogP contribution >= 0.6 is 0 Å². The smallest absolute Gasteiger partial charge is 0.227 e. The van der Waals surface area contributed by atoms with Crippen molar-refractivity contribution in [3.05, 3.63) is 0 Å². The molecule has 1 aliphatic carbocycles. The molecule has 1 rings (SSSR count). The van der Waals surface area contributed by atoms with Crippen LogP contribution in [0.15, 0.2) is 0 Å². The van der Waals surface area contributed by atoms with Gasteiger partial charge in [0.25, 0.3) is 0 Å². The van der Waals surface area contributed by atoms with Crippen molar-refractivity contribution in [2.45, 2.75) is 25.3 Å². The fourth-order valence-corrected chi connectivity index (χ4v) is 2.18. The number of hydrogen-bond donors (Lipinski definition) is 2. The highest BCUT2D eigenvalue weighted by Gasteiger charge is 2.32. The van der Waals surface area contributed by atoms with Crippen LogP contribution in [0.25, 0.3) is 0 Å². The lowest BCUT2D eigenvalue weighted by Gasteiger charge is -2.26. The minimum absolute atomic E-state index is 0.0165. The normalized spacial score (nSPS) is 24.7. The van der Waals surface area contributed by atoms with Gasteiger partial charge in [0, 0.05) is 26.2 Å². The Morgan fingerprint density at radius 3 is 2.75 bits per heavy atom. The van der Waals surface area contributed by atoms with Gasteiger partial charge in [-0.1, -0.05) is 6.42 Å². The molecule has 0 aromatic heterocycles. The summed E-state index contributed by atoms with van der Waals surface area (Å²) in [5, 5.41) is 8.93. The van der Waals surface area contributed by atoms with Crippen molar-refractivity contribution in [3.63, 3.8) is 0 Å². The highest BCUT2D eigenvalue weighted by molar-refractivity contribution is 5.79. The Labute approximate surface area is 96.6 Å². The molecular weight excluding hydrogens is 208 g/mol. The van der Waals surface area contributed by atoms with Crippen molar-refractivity contribution in [3.8, 4) is 0 Å². The molecule has 0 aromatic carbocycles. The predicted octanol–water partition coefficient (Wildman–Crippen LogP) is -0.419. The van der Waals surface area contributed by atoms with Gasteiger partial charge in [0.15, 0.2) is 0 Å². The first-order valence-electron chi connectivity index (χ1n) is 5.85. The van der Waals surface area contributed by atoms with Gasteiger partial charge in [-0.25, -0.2) is 0 Å². The number of hydrogen-bond acceptors (Lipinski definition) is 4. The molecule has 0 spiro atoms. The van der Waals surface area contributed by atoms with Crippen molar-refractivity contribution in [2.75, 3.05) is 33.4 Å². The number of carbonyl (C=O) groups excluding carboxylic acids is 1. The first kappa shape index (κ1) is 13.4. The Balaban J connectivity index is 2.51. The molecule has 0 aliphatic heterocycles. The summed E-state index contributed by atoms with van der Waals surface area (Å²) in [6, 6.07) is -0.0174. The maximum absolute atomic E-state index is 12.1. The van der Waals surface area contributed by atoms with Crippen LogP contribution in [0.2, 0.25) is 0 Å². The van der Waals surface area contributed by atoms with E-state index in [1.165, 1.54) is 0 Å². The molecule has 2 unspecified atom stereocenters. The van der Waals surface area contributed by atoms with E-state index < -0.39 is 0 Å². The Kier molecular flexibility index (Phi) is 5.73. The van der Waals surface area contributed by atoms with Crippen molar-refractivity contribution in [2.24, 2.45) is 11.7 Å². The summed E-state index contributed by atoms with van der Waals surface area (Å²) in [4.78, 5) is 13.8. The molecule has 16 heavy (non-hydrogen) atoms. The summed E-state index contributed by atoms with van der Waals surface area (Å²) in [5.41, 5.74) is 5.90. The summed E-state index contributed by atoms with van der Waals surface area (Å²) in [7, 11) is 1.60. The average molecular weight is 230 g/mol. The lowest BCUT2D eigenvalue weighted by molar-refractivity contribution is -0.136. The van der Waals surface area contributed by atoms with E-state index in [9.17, 15) is 4.79 Å². The highest BCUT2D eigenvalue weighted by atomic mass is 16.5. The Morgan fingerprint density at radius 2 is 2.25 bits per heavy atom. The molecule has 0 saturated heterocycles. The van der Waals surface area contributed by atoms with Gasteiger partial charge in [-0.15, -0.1) is 0 Å². The number of aliphatic hydroxyl groups excluding tert-OH is 1. The number of ether oxygens (including phenoxy) is 1. The van der Waals surface area contributed by atoms with E-state index in [1.807, 2.05) is 0 Å². The molecule has 1 aliphatic rings. The summed E-state index contributed by atoms with van der Waals surface area (Å²) in [5.74, 6) is -0.000457. The molecule has 0 radical (unpaired) electrons. The largest absolute Gasteiger partial charge is 0.395 e. The lowest BCUT2D eigenvalue weighted by atomic mass is 10.0. The molecule has 5 nitrogen and oxygen atoms in total. The van der Waals surface area contributed by atoms with Crippen LogP contribution in [-0.2, 0) is 9.53 Å². The number of carbonyl (C=O) groups is 1. The molecule has 0 heterocycles. The maximum atomic E-state index is 12.1. The molecule has 0 aromatic rings. The molecule has 5 heteroatoms. The van der Waals surface area contributed by atoms with Gasteiger partial charge in [0.1, 0.15) is 0 Å². The van der Waals surface area contributed by atoms with Gasteiger partial charge in [-0.3, -0.25) is 4.79 Å². The molecular formula is C11H22N2O3. The zero-order chi connectivity index (χ0) is 12.0. The topological polar surface area (TPSA) is 75.8 Å². The van der Waals surface area contributed by atoms with E-state index in [-0.39, 0.29) is 24.5 Å². The molecule has 1 fully saturated rings. The van der Waals surface area contributed by atoms with Gasteiger partial charge in [0.2, 0.25) is 5.91 Å². The van der Waals surface area contributed by atoms with Gasteiger partial charge in [-0.05, 0) is 12.8 Å². The second-order valence-electron chi connectivity index (χ2n) is 4.24. The van der Waals surface area contributed by atoms with Gasteiger partial charge in [-0.2, -0.15) is 0 Å². The van der Waals surface area contributed by atoms with Gasteiger partial charge >= 0.3 is 0 Å². The lowest BCUT2D eigenvalue weighted by Crippen LogP contribution is -2.44. The number of nitrogens with two attached hydrogens (primary N) is 1. The minimum atomic E-state index is -0.0663. The number of rotatable bonds is 6. The molecule has 2 atom stereocenters. The second kappa shape index (κ2) is 6.83. The monoisotopic (exact) mass is 230 g/mol. The molecule has 0 bridgehead atoms. The summed E-state index contributed by atoms with van der Waals surface area (Å²) >= 11 is 0. The van der Waals surface area contributed by atoms with Crippen LogP contribution in [0.1, 0.15) is 19.3 Å². The van der Waals surface area contributed by atoms with E-state index in [0.29, 0.717) is 19.7 Å². The Bertz CT molecular complexity index is 223. The second-order valence-corrected chi connectivity index (χ2v) is 4.24. The molecule has 1 amide bonds. The van der Waals surface area contributed by atoms with E-state index in [0.717, 1.165) is 19.3 Å². The SMILES string of the molecule is COCCN(CCO)C(=O)C1CCCC1N. The Hall–Kier alpha value is -0.650.